The summed E-state index contributed by atoms with van der Waals surface area (Å²) in [5, 5.41) is 12.0. The summed E-state index contributed by atoms with van der Waals surface area (Å²) >= 11 is 0. The van der Waals surface area contributed by atoms with Gasteiger partial charge in [0.2, 0.25) is 5.91 Å². The second-order valence-corrected chi connectivity index (χ2v) is 5.04. The number of nitrogens with zero attached hydrogens (tertiary/aromatic N) is 1. The lowest BCUT2D eigenvalue weighted by atomic mass is 9.82. The average Bonchev–Trinajstić information content (AvgIpc) is 2.99. The molecular formula is C14H14N2O3. The minimum Gasteiger partial charge on any atom is -0.481 e. The number of rotatable bonds is 3. The van der Waals surface area contributed by atoms with Gasteiger partial charge in [-0.25, -0.2) is 4.98 Å². The Balaban J connectivity index is 1.79. The zero-order valence-corrected chi connectivity index (χ0v) is 10.2. The standard InChI is InChI=1S/C14H14N2O3/c17-13(16-10-3-1-2-6-15-10)11-8-4-5-9(7-8)12(11)14(18)19/h1-6,8-9,11-12H,7H2,(H,18,19)(H,15,16,17). The molecule has 0 spiro atoms. The Bertz CT molecular complexity index is 541. The summed E-state index contributed by atoms with van der Waals surface area (Å²) in [6.45, 7) is 0. The first-order valence-electron chi connectivity index (χ1n) is 6.30. The first-order chi connectivity index (χ1) is 9.16. The summed E-state index contributed by atoms with van der Waals surface area (Å²) in [4.78, 5) is 27.6. The number of amides is 1. The highest BCUT2D eigenvalue weighted by molar-refractivity contribution is 5.95. The molecule has 0 aliphatic heterocycles. The van der Waals surface area contributed by atoms with Crippen molar-refractivity contribution in [1.29, 1.82) is 0 Å². The quantitative estimate of drug-likeness (QED) is 0.806. The highest BCUT2D eigenvalue weighted by atomic mass is 16.4. The summed E-state index contributed by atoms with van der Waals surface area (Å²) in [7, 11) is 0. The molecule has 1 aromatic rings. The number of nitrogens with one attached hydrogen (secondary N) is 1. The molecule has 5 heteroatoms. The van der Waals surface area contributed by atoms with Crippen LogP contribution in [0.1, 0.15) is 6.42 Å². The van der Waals surface area contributed by atoms with Gasteiger partial charge in [0.15, 0.2) is 0 Å². The van der Waals surface area contributed by atoms with Crippen molar-refractivity contribution in [2.24, 2.45) is 23.7 Å². The third-order valence-corrected chi connectivity index (χ3v) is 3.96. The first kappa shape index (κ1) is 11.9. The molecule has 2 aliphatic rings. The molecular weight excluding hydrogens is 244 g/mol. The van der Waals surface area contributed by atoms with Crippen molar-refractivity contribution in [1.82, 2.24) is 4.98 Å². The fourth-order valence-corrected chi connectivity index (χ4v) is 3.16. The Morgan fingerprint density at radius 1 is 1.21 bits per heavy atom. The molecule has 0 aromatic carbocycles. The number of carboxylic acid groups (broad SMARTS) is 1. The minimum atomic E-state index is -0.891. The van der Waals surface area contributed by atoms with Crippen LogP contribution in [0, 0.1) is 23.7 Å². The lowest BCUT2D eigenvalue weighted by molar-refractivity contribution is -0.146. The summed E-state index contributed by atoms with van der Waals surface area (Å²) < 4.78 is 0. The smallest absolute Gasteiger partial charge is 0.307 e. The van der Waals surface area contributed by atoms with Gasteiger partial charge in [-0.1, -0.05) is 18.2 Å². The number of aliphatic carboxylic acids is 1. The summed E-state index contributed by atoms with van der Waals surface area (Å²) in [5.74, 6) is -1.76. The largest absolute Gasteiger partial charge is 0.481 e. The number of anilines is 1. The lowest BCUT2D eigenvalue weighted by Gasteiger charge is -2.23. The van der Waals surface area contributed by atoms with Gasteiger partial charge < -0.3 is 10.4 Å². The number of fused-ring (bicyclic) bond motifs is 2. The van der Waals surface area contributed by atoms with Crippen molar-refractivity contribution in [2.45, 2.75) is 6.42 Å². The molecule has 2 N–H and O–H groups in total. The Hall–Kier alpha value is -2.17. The molecule has 4 atom stereocenters. The molecule has 98 valence electrons. The maximum absolute atomic E-state index is 12.3. The van der Waals surface area contributed by atoms with Crippen molar-refractivity contribution in [3.8, 4) is 0 Å². The summed E-state index contributed by atoms with van der Waals surface area (Å²) in [5.41, 5.74) is 0. The zero-order valence-electron chi connectivity index (χ0n) is 10.2. The average molecular weight is 258 g/mol. The van der Waals surface area contributed by atoms with E-state index in [1.54, 1.807) is 24.4 Å². The van der Waals surface area contributed by atoms with Gasteiger partial charge in [-0.2, -0.15) is 0 Å². The molecule has 19 heavy (non-hydrogen) atoms. The van der Waals surface area contributed by atoms with Crippen LogP contribution in [0.25, 0.3) is 0 Å². The number of hydrogen-bond acceptors (Lipinski definition) is 3. The number of allylic oxidation sites excluding steroid dienone is 2. The van der Waals surface area contributed by atoms with Crippen LogP contribution in [-0.2, 0) is 9.59 Å². The molecule has 1 saturated carbocycles. The van der Waals surface area contributed by atoms with Gasteiger partial charge in [-0.15, -0.1) is 0 Å². The molecule has 1 amide bonds. The summed E-state index contributed by atoms with van der Waals surface area (Å²) in [6, 6.07) is 5.23. The van der Waals surface area contributed by atoms with E-state index in [1.807, 2.05) is 12.2 Å². The van der Waals surface area contributed by atoms with E-state index in [1.165, 1.54) is 0 Å². The molecule has 1 aromatic heterocycles. The monoisotopic (exact) mass is 258 g/mol. The SMILES string of the molecule is O=C(O)C1C2C=CC(C2)C1C(=O)Nc1ccccn1. The molecule has 1 heterocycles. The molecule has 0 saturated heterocycles. The van der Waals surface area contributed by atoms with Gasteiger partial charge >= 0.3 is 5.97 Å². The van der Waals surface area contributed by atoms with Gasteiger partial charge in [0.05, 0.1) is 11.8 Å². The number of carbonyl (C=O) groups excluding carboxylic acids is 1. The third kappa shape index (κ3) is 2.01. The topological polar surface area (TPSA) is 79.3 Å². The van der Waals surface area contributed by atoms with Crippen LogP contribution < -0.4 is 5.32 Å². The number of hydrogen-bond donors (Lipinski definition) is 2. The van der Waals surface area contributed by atoms with Crippen molar-refractivity contribution in [3.63, 3.8) is 0 Å². The highest BCUT2D eigenvalue weighted by Gasteiger charge is 2.51. The predicted octanol–water partition coefficient (Wildman–Crippen LogP) is 1.54. The van der Waals surface area contributed by atoms with Gasteiger partial charge in [-0.05, 0) is 30.4 Å². The fourth-order valence-electron chi connectivity index (χ4n) is 3.16. The molecule has 0 radical (unpaired) electrons. The molecule has 2 bridgehead atoms. The minimum absolute atomic E-state index is 0.0121. The number of carboxylic acids is 1. The van der Waals surface area contributed by atoms with Crippen molar-refractivity contribution < 1.29 is 14.7 Å². The van der Waals surface area contributed by atoms with Crippen LogP contribution in [0.4, 0.5) is 5.82 Å². The predicted molar refractivity (Wildman–Crippen MR) is 68.2 cm³/mol. The van der Waals surface area contributed by atoms with E-state index < -0.39 is 17.8 Å². The van der Waals surface area contributed by atoms with Crippen LogP contribution in [0.3, 0.4) is 0 Å². The van der Waals surface area contributed by atoms with E-state index >= 15 is 0 Å². The first-order valence-corrected chi connectivity index (χ1v) is 6.30. The second kappa shape index (κ2) is 4.50. The Morgan fingerprint density at radius 3 is 2.58 bits per heavy atom. The normalized spacial score (nSPS) is 31.4. The Kier molecular flexibility index (Phi) is 2.81. The van der Waals surface area contributed by atoms with E-state index in [2.05, 4.69) is 10.3 Å². The van der Waals surface area contributed by atoms with Crippen LogP contribution >= 0.6 is 0 Å². The Labute approximate surface area is 110 Å². The highest BCUT2D eigenvalue weighted by Crippen LogP contribution is 2.48. The Morgan fingerprint density at radius 2 is 1.95 bits per heavy atom. The van der Waals surface area contributed by atoms with Crippen molar-refractivity contribution >= 4 is 17.7 Å². The molecule has 2 aliphatic carbocycles. The van der Waals surface area contributed by atoms with E-state index in [4.69, 9.17) is 0 Å². The number of carbonyl (C=O) groups is 2. The van der Waals surface area contributed by atoms with Crippen LogP contribution in [-0.4, -0.2) is 22.0 Å². The zero-order chi connectivity index (χ0) is 13.4. The van der Waals surface area contributed by atoms with Crippen LogP contribution in [0.15, 0.2) is 36.5 Å². The van der Waals surface area contributed by atoms with Crippen LogP contribution in [0.5, 0.6) is 0 Å². The fraction of sp³-hybridized carbons (Fsp3) is 0.357. The molecule has 3 rings (SSSR count). The molecule has 1 fully saturated rings. The number of aromatic nitrogens is 1. The molecule has 4 unspecified atom stereocenters. The van der Waals surface area contributed by atoms with Gasteiger partial charge in [0.25, 0.3) is 0 Å². The van der Waals surface area contributed by atoms with E-state index in [0.717, 1.165) is 6.42 Å². The lowest BCUT2D eigenvalue weighted by Crippen LogP contribution is -2.36. The third-order valence-electron chi connectivity index (χ3n) is 3.96. The van der Waals surface area contributed by atoms with Crippen LogP contribution in [0.2, 0.25) is 0 Å². The maximum atomic E-state index is 12.3. The van der Waals surface area contributed by atoms with Gasteiger partial charge in [0, 0.05) is 6.20 Å². The van der Waals surface area contributed by atoms with Crippen molar-refractivity contribution in [2.75, 3.05) is 5.32 Å². The molecule has 5 nitrogen and oxygen atoms in total. The summed E-state index contributed by atoms with van der Waals surface area (Å²) in [6.07, 6.45) is 6.24. The maximum Gasteiger partial charge on any atom is 0.307 e. The van der Waals surface area contributed by atoms with Gasteiger partial charge in [-0.3, -0.25) is 9.59 Å². The van der Waals surface area contributed by atoms with E-state index in [0.29, 0.717) is 5.82 Å². The van der Waals surface area contributed by atoms with E-state index in [-0.39, 0.29) is 17.7 Å². The number of pyridine rings is 1. The van der Waals surface area contributed by atoms with E-state index in [9.17, 15) is 14.7 Å². The second-order valence-electron chi connectivity index (χ2n) is 5.04. The van der Waals surface area contributed by atoms with Gasteiger partial charge in [0.1, 0.15) is 5.82 Å². The van der Waals surface area contributed by atoms with Crippen molar-refractivity contribution in [3.05, 3.63) is 36.5 Å².